The fourth-order valence-electron chi connectivity index (χ4n) is 4.17. The Balaban J connectivity index is 0.00000261. The quantitative estimate of drug-likeness (QED) is 0.730. The number of amides is 1. The molecule has 27 heavy (non-hydrogen) atoms. The molecule has 1 aliphatic heterocycles. The Labute approximate surface area is 164 Å². The molecule has 1 heterocycles. The molecule has 1 aromatic carbocycles. The lowest BCUT2D eigenvalue weighted by molar-refractivity contribution is -0.134. The molecule has 152 valence electrons. The van der Waals surface area contributed by atoms with E-state index in [4.69, 9.17) is 4.74 Å². The van der Waals surface area contributed by atoms with Crippen LogP contribution < -0.4 is 20.1 Å². The van der Waals surface area contributed by atoms with Gasteiger partial charge in [-0.2, -0.15) is 8.78 Å². The number of hydrogen-bond acceptors (Lipinski definition) is 4. The van der Waals surface area contributed by atoms with E-state index in [2.05, 4.69) is 15.4 Å². The normalized spacial score (nSPS) is 24.1. The number of rotatable bonds is 7. The van der Waals surface area contributed by atoms with Crippen molar-refractivity contribution in [2.75, 3.05) is 19.7 Å². The minimum absolute atomic E-state index is 0. The summed E-state index contributed by atoms with van der Waals surface area (Å²) >= 11 is 0. The lowest BCUT2D eigenvalue weighted by Crippen LogP contribution is -2.47. The van der Waals surface area contributed by atoms with Gasteiger partial charge in [-0.15, -0.1) is 12.4 Å². The van der Waals surface area contributed by atoms with Crippen molar-refractivity contribution in [1.29, 1.82) is 0 Å². The number of fused-ring (bicyclic) bond motifs is 1. The van der Waals surface area contributed by atoms with E-state index in [0.717, 1.165) is 37.9 Å². The minimum Gasteiger partial charge on any atom is -0.490 e. The first kappa shape index (κ1) is 21.7. The van der Waals surface area contributed by atoms with E-state index < -0.39 is 6.61 Å². The molecular formula is C19H27ClF2N2O3. The van der Waals surface area contributed by atoms with Crippen LogP contribution in [0.1, 0.15) is 38.2 Å². The predicted octanol–water partition coefficient (Wildman–Crippen LogP) is 3.50. The number of carbonyl (C=O) groups excluding carboxylic acids is 1. The molecule has 2 N–H and O–H groups in total. The van der Waals surface area contributed by atoms with Crippen LogP contribution in [-0.2, 0) is 11.3 Å². The monoisotopic (exact) mass is 404 g/mol. The highest BCUT2D eigenvalue weighted by Gasteiger charge is 2.49. The highest BCUT2D eigenvalue weighted by Crippen LogP contribution is 2.44. The molecule has 3 rings (SSSR count). The lowest BCUT2D eigenvalue weighted by Gasteiger charge is -2.37. The smallest absolute Gasteiger partial charge is 0.387 e. The predicted molar refractivity (Wildman–Crippen MR) is 101 cm³/mol. The topological polar surface area (TPSA) is 59.6 Å². The fourth-order valence-corrected chi connectivity index (χ4v) is 4.17. The van der Waals surface area contributed by atoms with E-state index in [-0.39, 0.29) is 35.2 Å². The van der Waals surface area contributed by atoms with Crippen molar-refractivity contribution in [3.8, 4) is 11.5 Å². The first-order valence-electron chi connectivity index (χ1n) is 9.24. The van der Waals surface area contributed by atoms with Gasteiger partial charge in [0, 0.05) is 13.1 Å². The molecule has 0 spiro atoms. The maximum Gasteiger partial charge on any atom is 0.387 e. The van der Waals surface area contributed by atoms with Crippen LogP contribution in [-0.4, -0.2) is 32.2 Å². The van der Waals surface area contributed by atoms with Crippen LogP contribution in [0, 0.1) is 11.3 Å². The first-order chi connectivity index (χ1) is 12.5. The molecule has 1 saturated heterocycles. The Morgan fingerprint density at radius 3 is 2.93 bits per heavy atom. The summed E-state index contributed by atoms with van der Waals surface area (Å²) in [6.07, 6.45) is 4.28. The van der Waals surface area contributed by atoms with E-state index in [1.807, 2.05) is 0 Å². The van der Waals surface area contributed by atoms with E-state index in [1.54, 1.807) is 19.1 Å². The van der Waals surface area contributed by atoms with Crippen LogP contribution in [0.25, 0.3) is 0 Å². The van der Waals surface area contributed by atoms with Gasteiger partial charge < -0.3 is 20.1 Å². The summed E-state index contributed by atoms with van der Waals surface area (Å²) in [5, 5.41) is 6.40. The first-order valence-corrected chi connectivity index (χ1v) is 9.24. The number of alkyl halides is 2. The lowest BCUT2D eigenvalue weighted by atomic mass is 9.67. The Morgan fingerprint density at radius 1 is 1.37 bits per heavy atom. The zero-order chi connectivity index (χ0) is 18.6. The highest BCUT2D eigenvalue weighted by atomic mass is 35.5. The summed E-state index contributed by atoms with van der Waals surface area (Å²) in [6, 6.07) is 4.77. The van der Waals surface area contributed by atoms with Crippen molar-refractivity contribution in [1.82, 2.24) is 10.6 Å². The zero-order valence-electron chi connectivity index (χ0n) is 15.4. The molecule has 1 aromatic rings. The second kappa shape index (κ2) is 9.55. The van der Waals surface area contributed by atoms with Crippen LogP contribution in [0.15, 0.2) is 18.2 Å². The third-order valence-electron chi connectivity index (χ3n) is 5.47. The maximum absolute atomic E-state index is 12.9. The number of nitrogens with one attached hydrogen (secondary N) is 2. The van der Waals surface area contributed by atoms with Gasteiger partial charge in [0.1, 0.15) is 0 Å². The van der Waals surface area contributed by atoms with E-state index >= 15 is 0 Å². The SMILES string of the molecule is CCOc1cc(CNC(=O)[C@@]23CCCC[C@H]2CNC3)ccc1OC(F)F.Cl. The van der Waals surface area contributed by atoms with Crippen LogP contribution in [0.4, 0.5) is 8.78 Å². The minimum atomic E-state index is -2.91. The van der Waals surface area contributed by atoms with Gasteiger partial charge in [-0.05, 0) is 49.9 Å². The zero-order valence-corrected chi connectivity index (χ0v) is 16.2. The van der Waals surface area contributed by atoms with Crippen molar-refractivity contribution in [2.45, 2.75) is 45.8 Å². The molecule has 0 bridgehead atoms. The van der Waals surface area contributed by atoms with Gasteiger partial charge in [-0.3, -0.25) is 4.79 Å². The molecule has 0 unspecified atom stereocenters. The van der Waals surface area contributed by atoms with Crippen molar-refractivity contribution in [3.63, 3.8) is 0 Å². The molecule has 2 aliphatic rings. The molecule has 0 radical (unpaired) electrons. The summed E-state index contributed by atoms with van der Waals surface area (Å²) in [7, 11) is 0. The molecular weight excluding hydrogens is 378 g/mol. The second-order valence-corrected chi connectivity index (χ2v) is 7.01. The summed E-state index contributed by atoms with van der Waals surface area (Å²) in [4.78, 5) is 12.9. The van der Waals surface area contributed by atoms with Gasteiger partial charge in [0.15, 0.2) is 11.5 Å². The molecule has 2 atom stereocenters. The van der Waals surface area contributed by atoms with Gasteiger partial charge in [0.2, 0.25) is 5.91 Å². The average Bonchev–Trinajstić information content (AvgIpc) is 3.06. The van der Waals surface area contributed by atoms with Crippen molar-refractivity contribution in [3.05, 3.63) is 23.8 Å². The van der Waals surface area contributed by atoms with Gasteiger partial charge in [-0.1, -0.05) is 18.9 Å². The summed E-state index contributed by atoms with van der Waals surface area (Å²) in [6.45, 7) is 1.18. The van der Waals surface area contributed by atoms with Crippen LogP contribution >= 0.6 is 12.4 Å². The van der Waals surface area contributed by atoms with Gasteiger partial charge in [-0.25, -0.2) is 0 Å². The molecule has 0 aromatic heterocycles. The number of ether oxygens (including phenoxy) is 2. The Kier molecular flexibility index (Phi) is 7.68. The molecule has 1 saturated carbocycles. The Bertz CT molecular complexity index is 647. The summed E-state index contributed by atoms with van der Waals surface area (Å²) in [5.41, 5.74) is 0.484. The second-order valence-electron chi connectivity index (χ2n) is 7.01. The molecule has 2 fully saturated rings. The molecule has 5 nitrogen and oxygen atoms in total. The van der Waals surface area contributed by atoms with Gasteiger partial charge >= 0.3 is 6.61 Å². The molecule has 1 amide bonds. The highest BCUT2D eigenvalue weighted by molar-refractivity contribution is 5.85. The number of hydrogen-bond donors (Lipinski definition) is 2. The Hall–Kier alpha value is -1.60. The summed E-state index contributed by atoms with van der Waals surface area (Å²) in [5.74, 6) is 0.744. The van der Waals surface area contributed by atoms with Gasteiger partial charge in [0.05, 0.1) is 12.0 Å². The summed E-state index contributed by atoms with van der Waals surface area (Å²) < 4.78 is 34.8. The average molecular weight is 405 g/mol. The molecule has 1 aliphatic carbocycles. The maximum atomic E-state index is 12.9. The van der Waals surface area contributed by atoms with Crippen molar-refractivity contribution >= 4 is 18.3 Å². The number of halogens is 3. The molecule has 8 heteroatoms. The van der Waals surface area contributed by atoms with Gasteiger partial charge in [0.25, 0.3) is 0 Å². The standard InChI is InChI=1S/C19H26F2N2O3.ClH/c1-2-25-16-9-13(6-7-15(16)26-18(20)21)10-23-17(24)19-8-4-3-5-14(19)11-22-12-19;/h6-7,9,14,18,22H,2-5,8,10-12H2,1H3,(H,23,24);1H/t14-,19+;/m0./s1. The third-order valence-corrected chi connectivity index (χ3v) is 5.47. The number of carbonyl (C=O) groups is 1. The van der Waals surface area contributed by atoms with Crippen molar-refractivity contribution < 1.29 is 23.0 Å². The van der Waals surface area contributed by atoms with E-state index in [1.165, 1.54) is 12.5 Å². The van der Waals surface area contributed by atoms with E-state index in [9.17, 15) is 13.6 Å². The van der Waals surface area contributed by atoms with Crippen LogP contribution in [0.2, 0.25) is 0 Å². The van der Waals surface area contributed by atoms with E-state index in [0.29, 0.717) is 19.1 Å². The fraction of sp³-hybridized carbons (Fsp3) is 0.632. The van der Waals surface area contributed by atoms with Crippen molar-refractivity contribution in [2.24, 2.45) is 11.3 Å². The largest absolute Gasteiger partial charge is 0.490 e. The number of benzene rings is 1. The van der Waals surface area contributed by atoms with Crippen LogP contribution in [0.3, 0.4) is 0 Å². The van der Waals surface area contributed by atoms with Crippen LogP contribution in [0.5, 0.6) is 11.5 Å². The third kappa shape index (κ3) is 4.82. The Morgan fingerprint density at radius 2 is 2.19 bits per heavy atom.